The number of nitrogens with zero attached hydrogens (tertiary/aromatic N) is 1. The van der Waals surface area contributed by atoms with E-state index in [0.29, 0.717) is 18.7 Å². The summed E-state index contributed by atoms with van der Waals surface area (Å²) in [7, 11) is 2.91. The standard InChI is InChI=1S/C21H29N3O6/c1-4-5-12-24-18(26)11-10-15(19(24)14-8-6-7-9-16(14)29-3)20(27)30-13-17(25)23-21(28)22-2/h6-9,15,19H,4-5,10-13H2,1-3H3,(H2,22,23,25,28)/t15-,19+/m0/s1. The lowest BCUT2D eigenvalue weighted by molar-refractivity contribution is -0.159. The van der Waals surface area contributed by atoms with Crippen LogP contribution >= 0.6 is 0 Å². The van der Waals surface area contributed by atoms with Crippen LogP contribution in [0.25, 0.3) is 0 Å². The van der Waals surface area contributed by atoms with Gasteiger partial charge in [-0.05, 0) is 18.9 Å². The normalized spacial score (nSPS) is 18.5. The summed E-state index contributed by atoms with van der Waals surface area (Å²) in [5, 5.41) is 4.29. The first-order valence-corrected chi connectivity index (χ1v) is 10.0. The van der Waals surface area contributed by atoms with Crippen LogP contribution in [0.15, 0.2) is 24.3 Å². The molecule has 0 radical (unpaired) electrons. The maximum Gasteiger partial charge on any atom is 0.321 e. The van der Waals surface area contributed by atoms with Gasteiger partial charge in [-0.2, -0.15) is 0 Å². The van der Waals surface area contributed by atoms with Crippen molar-refractivity contribution in [1.29, 1.82) is 0 Å². The summed E-state index contributed by atoms with van der Waals surface area (Å²) in [4.78, 5) is 50.3. The molecule has 1 aliphatic rings. The first kappa shape index (κ1) is 23.2. The third kappa shape index (κ3) is 5.71. The summed E-state index contributed by atoms with van der Waals surface area (Å²) in [6.45, 7) is 1.96. The number of carbonyl (C=O) groups is 4. The minimum Gasteiger partial charge on any atom is -0.496 e. The molecule has 2 atom stereocenters. The van der Waals surface area contributed by atoms with Gasteiger partial charge in [-0.1, -0.05) is 31.5 Å². The van der Waals surface area contributed by atoms with Crippen molar-refractivity contribution in [1.82, 2.24) is 15.5 Å². The second kappa shape index (κ2) is 11.2. The molecule has 1 saturated heterocycles. The Hall–Kier alpha value is -3.10. The van der Waals surface area contributed by atoms with Crippen molar-refractivity contribution in [2.24, 2.45) is 5.92 Å². The molecule has 30 heavy (non-hydrogen) atoms. The van der Waals surface area contributed by atoms with Crippen molar-refractivity contribution in [2.45, 2.75) is 38.6 Å². The molecule has 2 rings (SSSR count). The van der Waals surface area contributed by atoms with Crippen LogP contribution in [0, 0.1) is 5.92 Å². The van der Waals surface area contributed by atoms with E-state index in [1.54, 1.807) is 11.0 Å². The molecule has 164 valence electrons. The molecule has 0 unspecified atom stereocenters. The number of piperidine rings is 1. The Morgan fingerprint density at radius 1 is 1.23 bits per heavy atom. The first-order chi connectivity index (χ1) is 14.4. The van der Waals surface area contributed by atoms with Crippen molar-refractivity contribution in [3.8, 4) is 5.75 Å². The smallest absolute Gasteiger partial charge is 0.321 e. The molecule has 1 fully saturated rings. The fraction of sp³-hybridized carbons (Fsp3) is 0.524. The lowest BCUT2D eigenvalue weighted by Gasteiger charge is -2.40. The summed E-state index contributed by atoms with van der Waals surface area (Å²) in [6.07, 6.45) is 2.23. The van der Waals surface area contributed by atoms with Crippen LogP contribution in [0.4, 0.5) is 4.79 Å². The topological polar surface area (TPSA) is 114 Å². The third-order valence-electron chi connectivity index (χ3n) is 5.04. The van der Waals surface area contributed by atoms with Gasteiger partial charge in [0.2, 0.25) is 5.91 Å². The Morgan fingerprint density at radius 2 is 1.97 bits per heavy atom. The molecular formula is C21H29N3O6. The van der Waals surface area contributed by atoms with Gasteiger partial charge in [0.15, 0.2) is 6.61 Å². The third-order valence-corrected chi connectivity index (χ3v) is 5.04. The van der Waals surface area contributed by atoms with Crippen molar-refractivity contribution in [3.05, 3.63) is 29.8 Å². The summed E-state index contributed by atoms with van der Waals surface area (Å²) in [6, 6.07) is 6.03. The number of hydrogen-bond acceptors (Lipinski definition) is 6. The Kier molecular flexibility index (Phi) is 8.64. The molecule has 0 aliphatic carbocycles. The molecule has 0 bridgehead atoms. The highest BCUT2D eigenvalue weighted by Crippen LogP contribution is 2.41. The van der Waals surface area contributed by atoms with Crippen LogP contribution < -0.4 is 15.4 Å². The van der Waals surface area contributed by atoms with E-state index < -0.39 is 36.5 Å². The average molecular weight is 419 g/mol. The van der Waals surface area contributed by atoms with Crippen molar-refractivity contribution < 1.29 is 28.7 Å². The minimum atomic E-state index is -0.730. The number of carbonyl (C=O) groups excluding carboxylic acids is 4. The van der Waals surface area contributed by atoms with Gasteiger partial charge in [0.25, 0.3) is 5.91 Å². The van der Waals surface area contributed by atoms with E-state index in [0.717, 1.165) is 18.4 Å². The Balaban J connectivity index is 2.26. The van der Waals surface area contributed by atoms with Gasteiger partial charge < -0.3 is 19.7 Å². The minimum absolute atomic E-state index is 0.0271. The highest BCUT2D eigenvalue weighted by Gasteiger charge is 2.42. The number of para-hydroxylation sites is 1. The molecule has 1 aromatic rings. The zero-order valence-electron chi connectivity index (χ0n) is 17.6. The monoisotopic (exact) mass is 419 g/mol. The van der Waals surface area contributed by atoms with Crippen molar-refractivity contribution in [3.63, 3.8) is 0 Å². The maximum absolute atomic E-state index is 12.9. The van der Waals surface area contributed by atoms with E-state index in [4.69, 9.17) is 9.47 Å². The van der Waals surface area contributed by atoms with Crippen LogP contribution in [-0.2, 0) is 19.1 Å². The number of unbranched alkanes of at least 4 members (excludes halogenated alkanes) is 1. The fourth-order valence-electron chi connectivity index (χ4n) is 3.56. The first-order valence-electron chi connectivity index (χ1n) is 10.0. The molecular weight excluding hydrogens is 390 g/mol. The number of esters is 1. The van der Waals surface area contributed by atoms with E-state index in [9.17, 15) is 19.2 Å². The van der Waals surface area contributed by atoms with Gasteiger partial charge >= 0.3 is 12.0 Å². The van der Waals surface area contributed by atoms with Gasteiger partial charge in [-0.25, -0.2) is 4.79 Å². The number of urea groups is 1. The molecule has 1 aliphatic heterocycles. The second-order valence-corrected chi connectivity index (χ2v) is 7.01. The van der Waals surface area contributed by atoms with Crippen LogP contribution in [-0.4, -0.2) is 56.0 Å². The quantitative estimate of drug-likeness (QED) is 0.621. The Labute approximate surface area is 176 Å². The molecule has 1 aromatic carbocycles. The van der Waals surface area contributed by atoms with E-state index in [1.165, 1.54) is 14.2 Å². The molecule has 9 heteroatoms. The summed E-state index contributed by atoms with van der Waals surface area (Å²) in [5.41, 5.74) is 0.723. The number of imide groups is 1. The number of ether oxygens (including phenoxy) is 2. The molecule has 1 heterocycles. The number of rotatable bonds is 8. The molecule has 0 spiro atoms. The second-order valence-electron chi connectivity index (χ2n) is 7.01. The van der Waals surface area contributed by atoms with E-state index in [1.807, 2.05) is 30.4 Å². The Bertz CT molecular complexity index is 782. The maximum atomic E-state index is 12.9. The predicted molar refractivity (Wildman–Crippen MR) is 109 cm³/mol. The van der Waals surface area contributed by atoms with Crippen LogP contribution in [0.1, 0.15) is 44.2 Å². The summed E-state index contributed by atoms with van der Waals surface area (Å²) in [5.74, 6) is -1.42. The highest BCUT2D eigenvalue weighted by molar-refractivity contribution is 5.95. The molecule has 9 nitrogen and oxygen atoms in total. The van der Waals surface area contributed by atoms with Crippen LogP contribution in [0.3, 0.4) is 0 Å². The van der Waals surface area contributed by atoms with Gasteiger partial charge in [0, 0.05) is 25.6 Å². The SMILES string of the molecule is CCCCN1C(=O)CC[C@H](C(=O)OCC(=O)NC(=O)NC)[C@H]1c1ccccc1OC. The largest absolute Gasteiger partial charge is 0.496 e. The zero-order valence-corrected chi connectivity index (χ0v) is 17.6. The number of likely N-dealkylation sites (tertiary alicyclic amines) is 1. The van der Waals surface area contributed by atoms with Crippen LogP contribution in [0.2, 0.25) is 0 Å². The van der Waals surface area contributed by atoms with Gasteiger partial charge in [0.05, 0.1) is 19.1 Å². The van der Waals surface area contributed by atoms with Gasteiger partial charge in [-0.3, -0.25) is 19.7 Å². The lowest BCUT2D eigenvalue weighted by Crippen LogP contribution is -2.47. The zero-order chi connectivity index (χ0) is 22.1. The fourth-order valence-corrected chi connectivity index (χ4v) is 3.56. The molecule has 4 amide bonds. The molecule has 2 N–H and O–H groups in total. The van der Waals surface area contributed by atoms with Gasteiger partial charge in [0.1, 0.15) is 5.75 Å². The number of nitrogens with one attached hydrogen (secondary N) is 2. The van der Waals surface area contributed by atoms with Gasteiger partial charge in [-0.15, -0.1) is 0 Å². The summed E-state index contributed by atoms with van der Waals surface area (Å²) < 4.78 is 10.7. The number of hydrogen-bond donors (Lipinski definition) is 2. The highest BCUT2D eigenvalue weighted by atomic mass is 16.5. The Morgan fingerprint density at radius 3 is 2.63 bits per heavy atom. The number of amides is 4. The van der Waals surface area contributed by atoms with E-state index >= 15 is 0 Å². The van der Waals surface area contributed by atoms with E-state index in [2.05, 4.69) is 5.32 Å². The average Bonchev–Trinajstić information content (AvgIpc) is 2.76. The molecule has 0 aromatic heterocycles. The lowest BCUT2D eigenvalue weighted by atomic mass is 9.83. The number of benzene rings is 1. The predicted octanol–water partition coefficient (Wildman–Crippen LogP) is 1.77. The molecule has 0 saturated carbocycles. The van der Waals surface area contributed by atoms with E-state index in [-0.39, 0.29) is 12.3 Å². The number of methoxy groups -OCH3 is 1. The summed E-state index contributed by atoms with van der Waals surface area (Å²) >= 11 is 0. The van der Waals surface area contributed by atoms with Crippen molar-refractivity contribution in [2.75, 3.05) is 27.3 Å². The van der Waals surface area contributed by atoms with Crippen LogP contribution in [0.5, 0.6) is 5.75 Å². The van der Waals surface area contributed by atoms with Crippen molar-refractivity contribution >= 4 is 23.8 Å².